The van der Waals surface area contributed by atoms with Gasteiger partial charge in [0, 0.05) is 11.5 Å². The fourth-order valence-electron chi connectivity index (χ4n) is 1.14. The second-order valence-corrected chi connectivity index (χ2v) is 5.50. The molecule has 0 saturated carbocycles. The van der Waals surface area contributed by atoms with Crippen molar-refractivity contribution in [2.45, 2.75) is 6.61 Å². The molecule has 1 aromatic carbocycles. The number of nitrogens with zero attached hydrogens (tertiary/aromatic N) is 2. The number of hydrogen-bond donors (Lipinski definition) is 1. The van der Waals surface area contributed by atoms with Gasteiger partial charge in [0.1, 0.15) is 12.4 Å². The number of rotatable bonds is 4. The lowest BCUT2D eigenvalue weighted by molar-refractivity contribution is 0.304. The molecule has 2 aromatic rings. The molecule has 7 heteroatoms. The van der Waals surface area contributed by atoms with Crippen molar-refractivity contribution in [1.29, 1.82) is 0 Å². The molecule has 0 spiro atoms. The normalized spacial score (nSPS) is 10.3. The number of halogens is 2. The number of ether oxygens (including phenoxy) is 1. The lowest BCUT2D eigenvalue weighted by Gasteiger charge is -2.06. The minimum Gasteiger partial charge on any atom is -0.485 e. The van der Waals surface area contributed by atoms with Crippen LogP contribution in [-0.4, -0.2) is 17.2 Å². The van der Waals surface area contributed by atoms with Crippen molar-refractivity contribution < 1.29 is 4.74 Å². The third-order valence-corrected chi connectivity index (χ3v) is 3.64. The van der Waals surface area contributed by atoms with Gasteiger partial charge in [0.2, 0.25) is 5.13 Å². The van der Waals surface area contributed by atoms with E-state index in [1.165, 1.54) is 11.3 Å². The van der Waals surface area contributed by atoms with E-state index in [9.17, 15) is 0 Å². The molecule has 0 radical (unpaired) electrons. The number of nitrogens with one attached hydrogen (secondary N) is 1. The van der Waals surface area contributed by atoms with Crippen LogP contribution in [0.4, 0.5) is 5.13 Å². The Kier molecular flexibility index (Phi) is 4.20. The molecule has 17 heavy (non-hydrogen) atoms. The Bertz CT molecular complexity index is 520. The first-order valence-corrected chi connectivity index (χ1v) is 6.76. The van der Waals surface area contributed by atoms with Crippen molar-refractivity contribution in [2.24, 2.45) is 0 Å². The largest absolute Gasteiger partial charge is 0.485 e. The summed E-state index contributed by atoms with van der Waals surface area (Å²) in [5.74, 6) is 0.627. The van der Waals surface area contributed by atoms with E-state index in [1.807, 2.05) is 12.1 Å². The zero-order chi connectivity index (χ0) is 12.3. The van der Waals surface area contributed by atoms with Crippen LogP contribution in [0, 0.1) is 0 Å². The van der Waals surface area contributed by atoms with E-state index < -0.39 is 0 Å². The van der Waals surface area contributed by atoms with Crippen molar-refractivity contribution in [3.8, 4) is 5.75 Å². The summed E-state index contributed by atoms with van der Waals surface area (Å²) in [5.41, 5.74) is 0. The predicted octanol–water partition coefficient (Wildman–Crippen LogP) is 3.57. The summed E-state index contributed by atoms with van der Waals surface area (Å²) in [6.07, 6.45) is 0. The minimum absolute atomic E-state index is 0.357. The van der Waals surface area contributed by atoms with Crippen LogP contribution in [0.2, 0.25) is 5.02 Å². The molecule has 0 aliphatic rings. The summed E-state index contributed by atoms with van der Waals surface area (Å²) < 4.78 is 6.50. The molecule has 0 atom stereocenters. The molecule has 1 heterocycles. The second kappa shape index (κ2) is 5.66. The Labute approximate surface area is 116 Å². The number of hydrogen-bond acceptors (Lipinski definition) is 5. The van der Waals surface area contributed by atoms with Crippen molar-refractivity contribution >= 4 is 44.0 Å². The maximum absolute atomic E-state index is 6.00. The number of anilines is 1. The van der Waals surface area contributed by atoms with Crippen LogP contribution in [0.5, 0.6) is 5.75 Å². The first-order chi connectivity index (χ1) is 8.19. The first-order valence-electron chi connectivity index (χ1n) is 4.77. The summed E-state index contributed by atoms with van der Waals surface area (Å²) in [4.78, 5) is 0. The number of benzene rings is 1. The van der Waals surface area contributed by atoms with Gasteiger partial charge in [-0.2, -0.15) is 0 Å². The SMILES string of the molecule is CNc1nnc(COc2cc(Br)ccc2Cl)s1. The monoisotopic (exact) mass is 333 g/mol. The summed E-state index contributed by atoms with van der Waals surface area (Å²) in [6, 6.07) is 5.46. The van der Waals surface area contributed by atoms with Gasteiger partial charge in [-0.15, -0.1) is 10.2 Å². The van der Waals surface area contributed by atoms with Gasteiger partial charge in [-0.25, -0.2) is 0 Å². The second-order valence-electron chi connectivity index (χ2n) is 3.11. The molecular formula is C10H9BrClN3OS. The maximum Gasteiger partial charge on any atom is 0.205 e. The summed E-state index contributed by atoms with van der Waals surface area (Å²) in [6.45, 7) is 0.357. The molecule has 90 valence electrons. The van der Waals surface area contributed by atoms with E-state index in [0.29, 0.717) is 17.4 Å². The van der Waals surface area contributed by atoms with Crippen LogP contribution >= 0.6 is 38.9 Å². The van der Waals surface area contributed by atoms with Crippen LogP contribution in [0.25, 0.3) is 0 Å². The van der Waals surface area contributed by atoms with E-state index in [0.717, 1.165) is 14.6 Å². The predicted molar refractivity (Wildman–Crippen MR) is 72.9 cm³/mol. The highest BCUT2D eigenvalue weighted by Gasteiger charge is 2.06. The van der Waals surface area contributed by atoms with E-state index in [1.54, 1.807) is 13.1 Å². The van der Waals surface area contributed by atoms with E-state index in [-0.39, 0.29) is 0 Å². The molecule has 0 amide bonds. The Hall–Kier alpha value is -0.850. The molecule has 0 bridgehead atoms. The molecule has 0 aliphatic carbocycles. The van der Waals surface area contributed by atoms with Crippen LogP contribution in [-0.2, 0) is 6.61 Å². The lowest BCUT2D eigenvalue weighted by atomic mass is 10.3. The molecule has 0 saturated heterocycles. The zero-order valence-corrected chi connectivity index (χ0v) is 12.1. The van der Waals surface area contributed by atoms with E-state index in [2.05, 4.69) is 31.4 Å². The maximum atomic E-state index is 6.00. The molecule has 2 rings (SSSR count). The van der Waals surface area contributed by atoms with Crippen molar-refractivity contribution in [1.82, 2.24) is 10.2 Å². The van der Waals surface area contributed by atoms with Crippen LogP contribution in [0.3, 0.4) is 0 Å². The van der Waals surface area contributed by atoms with Gasteiger partial charge < -0.3 is 10.1 Å². The molecule has 1 N–H and O–H groups in total. The summed E-state index contributed by atoms with van der Waals surface area (Å²) in [5, 5.41) is 13.0. The Morgan fingerprint density at radius 1 is 1.47 bits per heavy atom. The Morgan fingerprint density at radius 2 is 2.29 bits per heavy atom. The zero-order valence-electron chi connectivity index (χ0n) is 8.91. The van der Waals surface area contributed by atoms with Gasteiger partial charge in [-0.1, -0.05) is 38.9 Å². The molecule has 0 aliphatic heterocycles. The first kappa shape index (κ1) is 12.6. The Morgan fingerprint density at radius 3 is 3.00 bits per heavy atom. The minimum atomic E-state index is 0.357. The van der Waals surface area contributed by atoms with Crippen LogP contribution in [0.1, 0.15) is 5.01 Å². The van der Waals surface area contributed by atoms with Crippen LogP contribution in [0.15, 0.2) is 22.7 Å². The lowest BCUT2D eigenvalue weighted by Crippen LogP contribution is -1.95. The molecular weight excluding hydrogens is 326 g/mol. The number of aromatic nitrogens is 2. The average molecular weight is 335 g/mol. The average Bonchev–Trinajstić information content (AvgIpc) is 2.78. The summed E-state index contributed by atoms with van der Waals surface area (Å²) >= 11 is 10.8. The van der Waals surface area contributed by atoms with E-state index in [4.69, 9.17) is 16.3 Å². The smallest absolute Gasteiger partial charge is 0.205 e. The van der Waals surface area contributed by atoms with Crippen molar-refractivity contribution in [2.75, 3.05) is 12.4 Å². The highest BCUT2D eigenvalue weighted by Crippen LogP contribution is 2.29. The fourth-order valence-corrected chi connectivity index (χ4v) is 2.26. The van der Waals surface area contributed by atoms with E-state index >= 15 is 0 Å². The van der Waals surface area contributed by atoms with Gasteiger partial charge >= 0.3 is 0 Å². The highest BCUT2D eigenvalue weighted by molar-refractivity contribution is 9.10. The topological polar surface area (TPSA) is 47.0 Å². The third-order valence-electron chi connectivity index (χ3n) is 1.93. The quantitative estimate of drug-likeness (QED) is 0.928. The standard InChI is InChI=1S/C10H9BrClN3OS/c1-13-10-15-14-9(17-10)5-16-8-4-6(11)2-3-7(8)12/h2-4H,5H2,1H3,(H,13,15). The van der Waals surface area contributed by atoms with Crippen molar-refractivity contribution in [3.05, 3.63) is 32.7 Å². The Balaban J connectivity index is 2.04. The summed E-state index contributed by atoms with van der Waals surface area (Å²) in [7, 11) is 1.80. The highest BCUT2D eigenvalue weighted by atomic mass is 79.9. The third kappa shape index (κ3) is 3.31. The van der Waals surface area contributed by atoms with Gasteiger partial charge in [0.25, 0.3) is 0 Å². The van der Waals surface area contributed by atoms with Gasteiger partial charge in [-0.05, 0) is 18.2 Å². The molecule has 1 aromatic heterocycles. The molecule has 0 fully saturated rings. The molecule has 4 nitrogen and oxygen atoms in total. The van der Waals surface area contributed by atoms with Crippen molar-refractivity contribution in [3.63, 3.8) is 0 Å². The van der Waals surface area contributed by atoms with Gasteiger partial charge in [0.05, 0.1) is 5.02 Å². The van der Waals surface area contributed by atoms with Gasteiger partial charge in [-0.3, -0.25) is 0 Å². The molecule has 0 unspecified atom stereocenters. The van der Waals surface area contributed by atoms with Gasteiger partial charge in [0.15, 0.2) is 5.01 Å². The fraction of sp³-hybridized carbons (Fsp3) is 0.200. The van der Waals surface area contributed by atoms with Crippen LogP contribution < -0.4 is 10.1 Å².